The van der Waals surface area contributed by atoms with Crippen molar-refractivity contribution in [3.05, 3.63) is 0 Å². The molecular formula is C22H34O4. The second kappa shape index (κ2) is 5.33. The van der Waals surface area contributed by atoms with E-state index in [4.69, 9.17) is 9.47 Å². The third-order valence-electron chi connectivity index (χ3n) is 9.19. The minimum absolute atomic E-state index is 0.0468. The van der Waals surface area contributed by atoms with E-state index in [1.165, 1.54) is 6.42 Å². The highest BCUT2D eigenvalue weighted by molar-refractivity contribution is 5.87. The van der Waals surface area contributed by atoms with E-state index >= 15 is 0 Å². The van der Waals surface area contributed by atoms with Gasteiger partial charge in [0.15, 0.2) is 5.79 Å². The maximum Gasteiger partial charge on any atom is 0.163 e. The molecule has 0 spiro atoms. The van der Waals surface area contributed by atoms with Crippen LogP contribution >= 0.6 is 0 Å². The largest absolute Gasteiger partial charge is 0.393 e. The Morgan fingerprint density at radius 3 is 2.58 bits per heavy atom. The molecule has 0 amide bonds. The predicted molar refractivity (Wildman–Crippen MR) is 97.3 cm³/mol. The molecule has 4 heteroatoms. The predicted octanol–water partition coefficient (Wildman–Crippen LogP) is 3.70. The summed E-state index contributed by atoms with van der Waals surface area (Å²) in [5, 5.41) is 10.5. The van der Waals surface area contributed by atoms with E-state index < -0.39 is 5.79 Å². The number of aliphatic hydroxyl groups excluding tert-OH is 1. The van der Waals surface area contributed by atoms with Gasteiger partial charge in [-0.2, -0.15) is 0 Å². The van der Waals surface area contributed by atoms with Gasteiger partial charge in [-0.05, 0) is 69.6 Å². The fraction of sp³-hybridized carbons (Fsp3) is 0.955. The van der Waals surface area contributed by atoms with E-state index in [1.807, 2.05) is 13.8 Å². The molecule has 26 heavy (non-hydrogen) atoms. The number of carbonyl (C=O) groups is 1. The van der Waals surface area contributed by atoms with Crippen LogP contribution in [-0.2, 0) is 14.3 Å². The lowest BCUT2D eigenvalue weighted by molar-refractivity contribution is -0.261. The Morgan fingerprint density at radius 2 is 1.81 bits per heavy atom. The van der Waals surface area contributed by atoms with Crippen LogP contribution in [-0.4, -0.2) is 35.0 Å². The van der Waals surface area contributed by atoms with Crippen molar-refractivity contribution in [1.29, 1.82) is 0 Å². The van der Waals surface area contributed by atoms with Crippen molar-refractivity contribution in [2.45, 2.75) is 96.7 Å². The highest BCUT2D eigenvalue weighted by Crippen LogP contribution is 2.67. The highest BCUT2D eigenvalue weighted by atomic mass is 16.7. The Bertz CT molecular complexity index is 630. The van der Waals surface area contributed by atoms with Crippen molar-refractivity contribution >= 4 is 5.78 Å². The zero-order valence-electron chi connectivity index (χ0n) is 16.7. The van der Waals surface area contributed by atoms with Gasteiger partial charge in [0, 0.05) is 23.7 Å². The molecule has 0 aromatic heterocycles. The van der Waals surface area contributed by atoms with Crippen molar-refractivity contribution in [3.8, 4) is 0 Å². The summed E-state index contributed by atoms with van der Waals surface area (Å²) in [6, 6.07) is 0. The molecule has 1 heterocycles. The maximum absolute atomic E-state index is 12.8. The Balaban J connectivity index is 1.63. The van der Waals surface area contributed by atoms with Crippen LogP contribution in [0.15, 0.2) is 0 Å². The summed E-state index contributed by atoms with van der Waals surface area (Å²) in [5.41, 5.74) is -0.160. The molecule has 5 rings (SSSR count). The molecule has 4 saturated carbocycles. The summed E-state index contributed by atoms with van der Waals surface area (Å²) in [6.07, 6.45) is 6.48. The van der Waals surface area contributed by atoms with Gasteiger partial charge >= 0.3 is 0 Å². The van der Waals surface area contributed by atoms with Crippen molar-refractivity contribution in [2.75, 3.05) is 0 Å². The van der Waals surface area contributed by atoms with Crippen LogP contribution in [0.4, 0.5) is 0 Å². The topological polar surface area (TPSA) is 55.8 Å². The van der Waals surface area contributed by atoms with Crippen LogP contribution in [0.5, 0.6) is 0 Å². The monoisotopic (exact) mass is 362 g/mol. The molecule has 0 aromatic carbocycles. The van der Waals surface area contributed by atoms with Gasteiger partial charge in [0.2, 0.25) is 0 Å². The Kier molecular flexibility index (Phi) is 3.61. The number of ether oxygens (including phenoxy) is 2. The normalized spacial score (nSPS) is 57.9. The number of carbonyl (C=O) groups excluding carboxylic acids is 1. The van der Waals surface area contributed by atoms with E-state index in [0.29, 0.717) is 29.5 Å². The van der Waals surface area contributed by atoms with Crippen LogP contribution in [0.25, 0.3) is 0 Å². The van der Waals surface area contributed by atoms with Crippen LogP contribution in [0.2, 0.25) is 0 Å². The zero-order chi connectivity index (χ0) is 18.5. The molecule has 1 aliphatic heterocycles. The average Bonchev–Trinajstić information content (AvgIpc) is 2.78. The van der Waals surface area contributed by atoms with Crippen molar-refractivity contribution in [1.82, 2.24) is 0 Å². The molecule has 1 saturated heterocycles. The minimum atomic E-state index is -0.660. The molecule has 0 radical (unpaired) electrons. The Morgan fingerprint density at radius 1 is 1.04 bits per heavy atom. The smallest absolute Gasteiger partial charge is 0.163 e. The number of hydrogen-bond donors (Lipinski definition) is 1. The molecule has 0 unspecified atom stereocenters. The number of fused-ring (bicyclic) bond motifs is 2. The molecule has 5 aliphatic rings. The standard InChI is InChI=1S/C22H34O4/c1-20(2)25-16-11-21(3)15(7-8-17(21)24)14-6-5-12-9-13(23)10-18(26-20)22(12,4)19(14)16/h12-16,18-19,23H,5-11H2,1-4H3/t12-,13+,14+,15-,16+,18+,19+,21+,22+/m0/s1. The summed E-state index contributed by atoms with van der Waals surface area (Å²) in [6.45, 7) is 8.66. The van der Waals surface area contributed by atoms with Crippen LogP contribution in [0.3, 0.4) is 0 Å². The van der Waals surface area contributed by atoms with E-state index in [2.05, 4.69) is 13.8 Å². The van der Waals surface area contributed by atoms with Gasteiger partial charge in [-0.1, -0.05) is 13.8 Å². The lowest BCUT2D eigenvalue weighted by atomic mass is 9.43. The van der Waals surface area contributed by atoms with Gasteiger partial charge in [0.1, 0.15) is 5.78 Å². The summed E-state index contributed by atoms with van der Waals surface area (Å²) >= 11 is 0. The summed E-state index contributed by atoms with van der Waals surface area (Å²) in [7, 11) is 0. The van der Waals surface area contributed by atoms with E-state index in [0.717, 1.165) is 38.5 Å². The maximum atomic E-state index is 12.8. The third kappa shape index (κ3) is 2.15. The molecule has 5 fully saturated rings. The number of ketones is 1. The van der Waals surface area contributed by atoms with Gasteiger partial charge in [-0.15, -0.1) is 0 Å². The fourth-order valence-electron chi connectivity index (χ4n) is 8.14. The van der Waals surface area contributed by atoms with Crippen molar-refractivity contribution < 1.29 is 19.4 Å². The van der Waals surface area contributed by atoms with Crippen LogP contribution in [0, 0.1) is 34.5 Å². The van der Waals surface area contributed by atoms with Crippen LogP contribution in [0.1, 0.15) is 72.6 Å². The van der Waals surface area contributed by atoms with Gasteiger partial charge in [0.05, 0.1) is 18.3 Å². The molecule has 4 aliphatic carbocycles. The van der Waals surface area contributed by atoms with Gasteiger partial charge < -0.3 is 14.6 Å². The molecule has 4 nitrogen and oxygen atoms in total. The Hall–Kier alpha value is -0.450. The second-order valence-electron chi connectivity index (χ2n) is 10.8. The molecule has 146 valence electrons. The SMILES string of the molecule is CC1(C)O[C@@H]2C[C@@]3(C)C(=O)CC[C@H]3[C@H]3CC[C@H]4C[C@@H](O)C[C@@H](O1)[C@]4(C)[C@H]32. The lowest BCUT2D eigenvalue weighted by Gasteiger charge is -2.62. The van der Waals surface area contributed by atoms with E-state index in [-0.39, 0.29) is 29.1 Å². The lowest BCUT2D eigenvalue weighted by Crippen LogP contribution is -2.62. The van der Waals surface area contributed by atoms with Crippen molar-refractivity contribution in [2.24, 2.45) is 34.5 Å². The number of rotatable bonds is 0. The van der Waals surface area contributed by atoms with E-state index in [1.54, 1.807) is 0 Å². The van der Waals surface area contributed by atoms with Crippen molar-refractivity contribution in [3.63, 3.8) is 0 Å². The summed E-state index contributed by atoms with van der Waals surface area (Å²) < 4.78 is 13.1. The minimum Gasteiger partial charge on any atom is -0.393 e. The fourth-order valence-corrected chi connectivity index (χ4v) is 8.14. The quantitative estimate of drug-likeness (QED) is 0.714. The molecular weight excluding hydrogens is 328 g/mol. The summed E-state index contributed by atoms with van der Waals surface area (Å²) in [5.74, 6) is 1.80. The first kappa shape index (κ1) is 17.6. The first-order chi connectivity index (χ1) is 12.1. The number of aliphatic hydroxyl groups is 1. The van der Waals surface area contributed by atoms with Gasteiger partial charge in [0.25, 0.3) is 0 Å². The van der Waals surface area contributed by atoms with Gasteiger partial charge in [-0.3, -0.25) is 4.79 Å². The van der Waals surface area contributed by atoms with E-state index in [9.17, 15) is 9.90 Å². The average molecular weight is 363 g/mol. The van der Waals surface area contributed by atoms with Gasteiger partial charge in [-0.25, -0.2) is 0 Å². The molecule has 0 bridgehead atoms. The first-order valence-electron chi connectivity index (χ1n) is 10.7. The Labute approximate surface area is 157 Å². The first-order valence-corrected chi connectivity index (χ1v) is 10.7. The molecule has 0 aromatic rings. The molecule has 9 atom stereocenters. The zero-order valence-corrected chi connectivity index (χ0v) is 16.7. The highest BCUT2D eigenvalue weighted by Gasteiger charge is 2.68. The second-order valence-corrected chi connectivity index (χ2v) is 10.8. The van der Waals surface area contributed by atoms with Crippen LogP contribution < -0.4 is 0 Å². The summed E-state index contributed by atoms with van der Waals surface area (Å²) in [4.78, 5) is 12.8. The number of hydrogen-bond acceptors (Lipinski definition) is 4. The molecule has 1 N–H and O–H groups in total. The third-order valence-corrected chi connectivity index (χ3v) is 9.19. The number of Topliss-reactive ketones (excluding diaryl/α,β-unsaturated/α-hetero) is 1.